The standard InChI is InChI=1S/C15H23ClN2OS/c1-4-15(17,5-2)10-18-14(19)11(3)20-13-8-6-12(16)7-9-13/h6-9,11H,4-5,10,17H2,1-3H3,(H,18,19). The molecule has 1 atom stereocenters. The first-order valence-corrected chi connectivity index (χ1v) is 8.15. The van der Waals surface area contributed by atoms with Crippen LogP contribution < -0.4 is 11.1 Å². The average Bonchev–Trinajstić information content (AvgIpc) is 2.46. The van der Waals surface area contributed by atoms with Crippen LogP contribution in [-0.2, 0) is 4.79 Å². The van der Waals surface area contributed by atoms with Gasteiger partial charge in [-0.1, -0.05) is 25.4 Å². The average molecular weight is 315 g/mol. The van der Waals surface area contributed by atoms with Crippen LogP contribution in [0.2, 0.25) is 5.02 Å². The molecule has 3 nitrogen and oxygen atoms in total. The summed E-state index contributed by atoms with van der Waals surface area (Å²) >= 11 is 7.35. The van der Waals surface area contributed by atoms with Gasteiger partial charge in [-0.3, -0.25) is 4.79 Å². The van der Waals surface area contributed by atoms with Crippen LogP contribution in [0.25, 0.3) is 0 Å². The smallest absolute Gasteiger partial charge is 0.233 e. The lowest BCUT2D eigenvalue weighted by atomic mass is 9.94. The first-order valence-electron chi connectivity index (χ1n) is 6.89. The summed E-state index contributed by atoms with van der Waals surface area (Å²) in [6, 6.07) is 7.49. The Hall–Kier alpha value is -0.710. The normalized spacial score (nSPS) is 13.1. The number of thioether (sulfide) groups is 1. The van der Waals surface area contributed by atoms with E-state index in [1.807, 2.05) is 45.0 Å². The third-order valence-corrected chi connectivity index (χ3v) is 4.88. The van der Waals surface area contributed by atoms with E-state index in [4.69, 9.17) is 17.3 Å². The van der Waals surface area contributed by atoms with Crippen molar-refractivity contribution in [3.05, 3.63) is 29.3 Å². The second-order valence-corrected chi connectivity index (χ2v) is 6.85. The molecule has 20 heavy (non-hydrogen) atoms. The molecule has 0 radical (unpaired) electrons. The van der Waals surface area contributed by atoms with Gasteiger partial charge in [-0.15, -0.1) is 11.8 Å². The molecule has 1 amide bonds. The number of benzene rings is 1. The zero-order valence-electron chi connectivity index (χ0n) is 12.3. The Morgan fingerprint density at radius 3 is 2.40 bits per heavy atom. The van der Waals surface area contributed by atoms with Crippen LogP contribution in [0.5, 0.6) is 0 Å². The predicted octanol–water partition coefficient (Wildman–Crippen LogP) is 3.45. The molecule has 0 saturated heterocycles. The molecule has 0 bridgehead atoms. The van der Waals surface area contributed by atoms with E-state index in [-0.39, 0.29) is 16.7 Å². The molecule has 3 N–H and O–H groups in total. The Labute approximate surface area is 130 Å². The number of carbonyl (C=O) groups is 1. The van der Waals surface area contributed by atoms with Gasteiger partial charge in [0, 0.05) is 22.0 Å². The van der Waals surface area contributed by atoms with Crippen LogP contribution in [0.4, 0.5) is 0 Å². The maximum absolute atomic E-state index is 12.1. The van der Waals surface area contributed by atoms with E-state index in [0.29, 0.717) is 11.6 Å². The molecule has 1 unspecified atom stereocenters. The monoisotopic (exact) mass is 314 g/mol. The number of rotatable bonds is 7. The van der Waals surface area contributed by atoms with E-state index >= 15 is 0 Å². The molecule has 0 heterocycles. The van der Waals surface area contributed by atoms with Gasteiger partial charge < -0.3 is 11.1 Å². The SMILES string of the molecule is CCC(N)(CC)CNC(=O)C(C)Sc1ccc(Cl)cc1. The lowest BCUT2D eigenvalue weighted by Crippen LogP contribution is -2.50. The maximum atomic E-state index is 12.1. The Kier molecular flexibility index (Phi) is 6.86. The van der Waals surface area contributed by atoms with Crippen LogP contribution in [-0.4, -0.2) is 23.2 Å². The van der Waals surface area contributed by atoms with Crippen LogP contribution in [0, 0.1) is 0 Å². The molecule has 0 aliphatic heterocycles. The predicted molar refractivity (Wildman–Crippen MR) is 87.3 cm³/mol. The molecule has 0 spiro atoms. The highest BCUT2D eigenvalue weighted by molar-refractivity contribution is 8.00. The molecule has 0 saturated carbocycles. The fourth-order valence-electron chi connectivity index (χ4n) is 1.68. The summed E-state index contributed by atoms with van der Waals surface area (Å²) in [7, 11) is 0. The molecule has 0 aliphatic rings. The highest BCUT2D eigenvalue weighted by Crippen LogP contribution is 2.24. The number of hydrogen-bond acceptors (Lipinski definition) is 3. The first-order chi connectivity index (χ1) is 9.40. The summed E-state index contributed by atoms with van der Waals surface area (Å²) in [5.41, 5.74) is 5.87. The van der Waals surface area contributed by atoms with E-state index in [0.717, 1.165) is 17.7 Å². The summed E-state index contributed by atoms with van der Waals surface area (Å²) in [5.74, 6) is 0.0154. The van der Waals surface area contributed by atoms with Crippen molar-refractivity contribution in [3.63, 3.8) is 0 Å². The second-order valence-electron chi connectivity index (χ2n) is 5.00. The molecular weight excluding hydrogens is 292 g/mol. The maximum Gasteiger partial charge on any atom is 0.233 e. The molecular formula is C15H23ClN2OS. The van der Waals surface area contributed by atoms with Gasteiger partial charge in [0.15, 0.2) is 0 Å². The van der Waals surface area contributed by atoms with Gasteiger partial charge in [0.25, 0.3) is 0 Å². The zero-order chi connectivity index (χ0) is 15.2. The van der Waals surface area contributed by atoms with E-state index < -0.39 is 0 Å². The molecule has 5 heteroatoms. The number of amides is 1. The van der Waals surface area contributed by atoms with Gasteiger partial charge in [-0.2, -0.15) is 0 Å². The second kappa shape index (κ2) is 7.91. The summed E-state index contributed by atoms with van der Waals surface area (Å²) in [6.07, 6.45) is 1.70. The van der Waals surface area contributed by atoms with Gasteiger partial charge in [-0.05, 0) is 44.0 Å². The highest BCUT2D eigenvalue weighted by atomic mass is 35.5. The van der Waals surface area contributed by atoms with Crippen LogP contribution >= 0.6 is 23.4 Å². The number of nitrogens with one attached hydrogen (secondary N) is 1. The molecule has 1 rings (SSSR count). The minimum atomic E-state index is -0.305. The molecule has 0 aromatic heterocycles. The Morgan fingerprint density at radius 1 is 1.35 bits per heavy atom. The van der Waals surface area contributed by atoms with E-state index in [2.05, 4.69) is 5.32 Å². The van der Waals surface area contributed by atoms with Gasteiger partial charge in [0.05, 0.1) is 5.25 Å². The largest absolute Gasteiger partial charge is 0.353 e. The van der Waals surface area contributed by atoms with E-state index in [9.17, 15) is 4.79 Å². The van der Waals surface area contributed by atoms with Crippen molar-refractivity contribution in [1.82, 2.24) is 5.32 Å². The lowest BCUT2D eigenvalue weighted by Gasteiger charge is -2.27. The van der Waals surface area contributed by atoms with Crippen molar-refractivity contribution in [2.75, 3.05) is 6.54 Å². The van der Waals surface area contributed by atoms with Crippen LogP contribution in [0.15, 0.2) is 29.2 Å². The van der Waals surface area contributed by atoms with Crippen molar-refractivity contribution in [2.45, 2.75) is 49.3 Å². The third-order valence-electron chi connectivity index (χ3n) is 3.52. The van der Waals surface area contributed by atoms with Crippen molar-refractivity contribution in [1.29, 1.82) is 0 Å². The van der Waals surface area contributed by atoms with Crippen molar-refractivity contribution in [3.8, 4) is 0 Å². The van der Waals surface area contributed by atoms with Gasteiger partial charge in [-0.25, -0.2) is 0 Å². The summed E-state index contributed by atoms with van der Waals surface area (Å²) in [5, 5.41) is 3.49. The molecule has 1 aromatic rings. The Bertz CT molecular complexity index is 432. The fraction of sp³-hybridized carbons (Fsp3) is 0.533. The zero-order valence-corrected chi connectivity index (χ0v) is 13.9. The third kappa shape index (κ3) is 5.35. The quantitative estimate of drug-likeness (QED) is 0.758. The fourth-order valence-corrected chi connectivity index (χ4v) is 2.70. The van der Waals surface area contributed by atoms with Gasteiger partial charge in [0.1, 0.15) is 0 Å². The van der Waals surface area contributed by atoms with E-state index in [1.165, 1.54) is 11.8 Å². The summed E-state index contributed by atoms with van der Waals surface area (Å²) in [6.45, 7) is 6.50. The summed E-state index contributed by atoms with van der Waals surface area (Å²) < 4.78 is 0. The van der Waals surface area contributed by atoms with E-state index in [1.54, 1.807) is 0 Å². The van der Waals surface area contributed by atoms with Crippen molar-refractivity contribution in [2.24, 2.45) is 5.73 Å². The van der Waals surface area contributed by atoms with Gasteiger partial charge >= 0.3 is 0 Å². The number of nitrogens with two attached hydrogens (primary N) is 1. The Balaban J connectivity index is 2.49. The topological polar surface area (TPSA) is 55.1 Å². The molecule has 1 aromatic carbocycles. The van der Waals surface area contributed by atoms with Gasteiger partial charge in [0.2, 0.25) is 5.91 Å². The minimum absolute atomic E-state index is 0.0154. The van der Waals surface area contributed by atoms with Crippen molar-refractivity contribution < 1.29 is 4.79 Å². The first kappa shape index (κ1) is 17.3. The Morgan fingerprint density at radius 2 is 1.90 bits per heavy atom. The van der Waals surface area contributed by atoms with Crippen LogP contribution in [0.3, 0.4) is 0 Å². The molecule has 0 fully saturated rings. The van der Waals surface area contributed by atoms with Crippen LogP contribution in [0.1, 0.15) is 33.6 Å². The number of hydrogen-bond donors (Lipinski definition) is 2. The number of halogens is 1. The number of carbonyl (C=O) groups excluding carboxylic acids is 1. The summed E-state index contributed by atoms with van der Waals surface area (Å²) in [4.78, 5) is 13.1. The minimum Gasteiger partial charge on any atom is -0.353 e. The van der Waals surface area contributed by atoms with Crippen molar-refractivity contribution >= 4 is 29.3 Å². The molecule has 0 aliphatic carbocycles. The lowest BCUT2D eigenvalue weighted by molar-refractivity contribution is -0.120. The highest BCUT2D eigenvalue weighted by Gasteiger charge is 2.22. The molecule has 112 valence electrons.